The van der Waals surface area contributed by atoms with Crippen molar-refractivity contribution >= 4 is 38.6 Å². The van der Waals surface area contributed by atoms with Crippen LogP contribution in [-0.2, 0) is 0 Å². The Morgan fingerprint density at radius 1 is 1.22 bits per heavy atom. The summed E-state index contributed by atoms with van der Waals surface area (Å²) in [5.74, 6) is 0.806. The van der Waals surface area contributed by atoms with Crippen molar-refractivity contribution in [1.82, 2.24) is 4.98 Å². The molecule has 0 aliphatic rings. The summed E-state index contributed by atoms with van der Waals surface area (Å²) in [6, 6.07) is 15.8. The monoisotopic (exact) mass is 387 g/mol. The Bertz CT molecular complexity index is 815. The van der Waals surface area contributed by atoms with Crippen molar-refractivity contribution in [1.29, 1.82) is 0 Å². The first-order chi connectivity index (χ1) is 11.2. The number of thiazole rings is 1. The molecule has 0 saturated heterocycles. The second-order valence-corrected chi connectivity index (χ2v) is 6.47. The van der Waals surface area contributed by atoms with Gasteiger partial charge >= 0.3 is 0 Å². The van der Waals surface area contributed by atoms with Gasteiger partial charge < -0.3 is 4.74 Å². The zero-order valence-electron chi connectivity index (χ0n) is 12.4. The molecule has 2 aromatic carbocycles. The van der Waals surface area contributed by atoms with Crippen LogP contribution >= 0.6 is 27.3 Å². The lowest BCUT2D eigenvalue weighted by Gasteiger charge is -1.99. The van der Waals surface area contributed by atoms with Crippen LogP contribution in [0.5, 0.6) is 5.75 Å². The van der Waals surface area contributed by atoms with Gasteiger partial charge in [-0.15, -0.1) is 11.3 Å². The smallest absolute Gasteiger partial charge is 0.203 e. The van der Waals surface area contributed by atoms with E-state index in [0.29, 0.717) is 0 Å². The quantitative estimate of drug-likeness (QED) is 0.493. The Balaban J connectivity index is 1.67. The van der Waals surface area contributed by atoms with Crippen LogP contribution in [0.1, 0.15) is 5.56 Å². The molecule has 1 N–H and O–H groups in total. The minimum Gasteiger partial charge on any atom is -0.497 e. The highest BCUT2D eigenvalue weighted by molar-refractivity contribution is 9.10. The molecule has 0 spiro atoms. The van der Waals surface area contributed by atoms with E-state index in [2.05, 4.69) is 31.4 Å². The third kappa shape index (κ3) is 4.18. The first-order valence-electron chi connectivity index (χ1n) is 6.89. The molecule has 0 aliphatic carbocycles. The van der Waals surface area contributed by atoms with Gasteiger partial charge in [-0.25, -0.2) is 4.98 Å². The number of aromatic nitrogens is 1. The molecule has 116 valence electrons. The standard InChI is InChI=1S/C17H14BrN3OS/c1-22-15-4-2-3-12(9-15)10-19-21-17-20-16(11-23-17)13-5-7-14(18)8-6-13/h2-11H,1H3,(H,20,21)/b19-10-. The number of hydrazone groups is 1. The second-order valence-electron chi connectivity index (χ2n) is 4.69. The van der Waals surface area contributed by atoms with Crippen LogP contribution in [-0.4, -0.2) is 18.3 Å². The Morgan fingerprint density at radius 2 is 2.04 bits per heavy atom. The molecule has 0 fully saturated rings. The van der Waals surface area contributed by atoms with Gasteiger partial charge in [-0.2, -0.15) is 5.10 Å². The van der Waals surface area contributed by atoms with Crippen molar-refractivity contribution in [2.45, 2.75) is 0 Å². The molecule has 6 heteroatoms. The molecule has 0 saturated carbocycles. The molecule has 3 rings (SSSR count). The van der Waals surface area contributed by atoms with Crippen LogP contribution in [0.15, 0.2) is 63.5 Å². The van der Waals surface area contributed by atoms with Crippen molar-refractivity contribution < 1.29 is 4.74 Å². The predicted octanol–water partition coefficient (Wildman–Crippen LogP) is 5.03. The zero-order chi connectivity index (χ0) is 16.1. The fourth-order valence-corrected chi connectivity index (χ4v) is 2.90. The molecule has 4 nitrogen and oxygen atoms in total. The lowest BCUT2D eigenvalue weighted by atomic mass is 10.2. The number of benzene rings is 2. The van der Waals surface area contributed by atoms with Crippen LogP contribution in [0.3, 0.4) is 0 Å². The van der Waals surface area contributed by atoms with Gasteiger partial charge in [0.05, 0.1) is 19.0 Å². The Hall–Kier alpha value is -2.18. The van der Waals surface area contributed by atoms with Gasteiger partial charge in [0, 0.05) is 15.4 Å². The maximum Gasteiger partial charge on any atom is 0.203 e. The fourth-order valence-electron chi connectivity index (χ4n) is 1.96. The van der Waals surface area contributed by atoms with Crippen LogP contribution in [0.25, 0.3) is 11.3 Å². The van der Waals surface area contributed by atoms with Crippen LogP contribution in [0.4, 0.5) is 5.13 Å². The van der Waals surface area contributed by atoms with Crippen LogP contribution in [0.2, 0.25) is 0 Å². The largest absolute Gasteiger partial charge is 0.497 e. The summed E-state index contributed by atoms with van der Waals surface area (Å²) in [6.45, 7) is 0. The first-order valence-corrected chi connectivity index (χ1v) is 8.56. The highest BCUT2D eigenvalue weighted by Crippen LogP contribution is 2.26. The number of rotatable bonds is 5. The van der Waals surface area contributed by atoms with Gasteiger partial charge in [-0.1, -0.05) is 40.2 Å². The first kappa shape index (κ1) is 15.7. The number of hydrogen-bond donors (Lipinski definition) is 1. The highest BCUT2D eigenvalue weighted by Gasteiger charge is 2.03. The number of methoxy groups -OCH3 is 1. The van der Waals surface area contributed by atoms with E-state index in [4.69, 9.17) is 4.74 Å². The van der Waals surface area contributed by atoms with Crippen molar-refractivity contribution in [3.05, 3.63) is 63.9 Å². The summed E-state index contributed by atoms with van der Waals surface area (Å²) >= 11 is 4.95. The van der Waals surface area contributed by atoms with E-state index in [0.717, 1.165) is 32.2 Å². The number of ether oxygens (including phenoxy) is 1. The summed E-state index contributed by atoms with van der Waals surface area (Å²) in [7, 11) is 1.65. The number of hydrogen-bond acceptors (Lipinski definition) is 5. The minimum absolute atomic E-state index is 0.752. The molecular weight excluding hydrogens is 374 g/mol. The average molecular weight is 388 g/mol. The normalized spacial score (nSPS) is 10.9. The van der Waals surface area contributed by atoms with E-state index in [9.17, 15) is 0 Å². The summed E-state index contributed by atoms with van der Waals surface area (Å²) in [5.41, 5.74) is 5.93. The van der Waals surface area contributed by atoms with E-state index in [1.165, 1.54) is 11.3 Å². The molecule has 0 unspecified atom stereocenters. The van der Waals surface area contributed by atoms with Crippen LogP contribution < -0.4 is 10.2 Å². The number of nitrogens with zero attached hydrogens (tertiary/aromatic N) is 2. The van der Waals surface area contributed by atoms with Crippen molar-refractivity contribution in [3.63, 3.8) is 0 Å². The fraction of sp³-hybridized carbons (Fsp3) is 0.0588. The minimum atomic E-state index is 0.752. The van der Waals surface area contributed by atoms with Gasteiger partial charge in [-0.05, 0) is 29.8 Å². The van der Waals surface area contributed by atoms with E-state index >= 15 is 0 Å². The van der Waals surface area contributed by atoms with Gasteiger partial charge in [0.15, 0.2) is 0 Å². The molecule has 0 atom stereocenters. The molecule has 0 amide bonds. The summed E-state index contributed by atoms with van der Waals surface area (Å²) in [5, 5.41) is 6.98. The number of halogens is 1. The summed E-state index contributed by atoms with van der Waals surface area (Å²) in [4.78, 5) is 4.53. The van der Waals surface area contributed by atoms with Gasteiger partial charge in [-0.3, -0.25) is 5.43 Å². The molecule has 0 bridgehead atoms. The Morgan fingerprint density at radius 3 is 2.83 bits per heavy atom. The van der Waals surface area contributed by atoms with Crippen molar-refractivity contribution in [2.75, 3.05) is 12.5 Å². The molecule has 1 aromatic heterocycles. The third-order valence-electron chi connectivity index (χ3n) is 3.11. The van der Waals surface area contributed by atoms with E-state index < -0.39 is 0 Å². The van der Waals surface area contributed by atoms with E-state index in [-0.39, 0.29) is 0 Å². The van der Waals surface area contributed by atoms with Gasteiger partial charge in [0.1, 0.15) is 5.75 Å². The second kappa shape index (κ2) is 7.39. The predicted molar refractivity (Wildman–Crippen MR) is 99.5 cm³/mol. The van der Waals surface area contributed by atoms with Gasteiger partial charge in [0.25, 0.3) is 0 Å². The van der Waals surface area contributed by atoms with Gasteiger partial charge in [0.2, 0.25) is 5.13 Å². The van der Waals surface area contributed by atoms with Crippen molar-refractivity contribution in [2.24, 2.45) is 5.10 Å². The lowest BCUT2D eigenvalue weighted by Crippen LogP contribution is -1.91. The van der Waals surface area contributed by atoms with Crippen LogP contribution in [0, 0.1) is 0 Å². The molecular formula is C17H14BrN3OS. The summed E-state index contributed by atoms with van der Waals surface area (Å²) in [6.07, 6.45) is 1.74. The van der Waals surface area contributed by atoms with E-state index in [1.54, 1.807) is 13.3 Å². The maximum atomic E-state index is 5.18. The Kier molecular flexibility index (Phi) is 5.05. The molecule has 1 heterocycles. The molecule has 0 aliphatic heterocycles. The van der Waals surface area contributed by atoms with Crippen molar-refractivity contribution in [3.8, 4) is 17.0 Å². The third-order valence-corrected chi connectivity index (χ3v) is 4.39. The molecule has 0 radical (unpaired) electrons. The molecule has 23 heavy (non-hydrogen) atoms. The number of nitrogens with one attached hydrogen (secondary N) is 1. The lowest BCUT2D eigenvalue weighted by molar-refractivity contribution is 0.415. The SMILES string of the molecule is COc1cccc(/C=N\Nc2nc(-c3ccc(Br)cc3)cs2)c1. The zero-order valence-corrected chi connectivity index (χ0v) is 14.8. The Labute approximate surface area is 147 Å². The maximum absolute atomic E-state index is 5.18. The molecule has 3 aromatic rings. The van der Waals surface area contributed by atoms with E-state index in [1.807, 2.05) is 53.9 Å². The topological polar surface area (TPSA) is 46.5 Å². The average Bonchev–Trinajstić information content (AvgIpc) is 3.04. The summed E-state index contributed by atoms with van der Waals surface area (Å²) < 4.78 is 6.24. The number of anilines is 1. The highest BCUT2D eigenvalue weighted by atomic mass is 79.9.